The van der Waals surface area contributed by atoms with Gasteiger partial charge in [-0.3, -0.25) is 14.9 Å². The highest BCUT2D eigenvalue weighted by Crippen LogP contribution is 2.34. The average molecular weight is 440 g/mol. The lowest BCUT2D eigenvalue weighted by Gasteiger charge is -2.30. The van der Waals surface area contributed by atoms with Gasteiger partial charge >= 0.3 is 11.7 Å². The molecule has 1 saturated heterocycles. The largest absolute Gasteiger partial charge is 0.497 e. The second-order valence-corrected chi connectivity index (χ2v) is 7.65. The van der Waals surface area contributed by atoms with Crippen LogP contribution in [0.15, 0.2) is 30.7 Å². The lowest BCUT2D eigenvalue weighted by molar-refractivity contribution is -0.383. The molecule has 0 radical (unpaired) electrons. The van der Waals surface area contributed by atoms with Gasteiger partial charge in [0, 0.05) is 36.7 Å². The topological polar surface area (TPSA) is 147 Å². The van der Waals surface area contributed by atoms with Crippen molar-refractivity contribution in [3.8, 4) is 5.75 Å². The van der Waals surface area contributed by atoms with Crippen LogP contribution in [-0.4, -0.2) is 57.7 Å². The molecule has 1 aliphatic rings. The van der Waals surface area contributed by atoms with Crippen molar-refractivity contribution < 1.29 is 19.6 Å². The number of fused-ring (bicyclic) bond motifs is 1. The van der Waals surface area contributed by atoms with Crippen molar-refractivity contribution in [1.29, 1.82) is 0 Å². The zero-order valence-corrected chi connectivity index (χ0v) is 17.6. The highest BCUT2D eigenvalue weighted by atomic mass is 16.6. The SMILES string of the molecule is COc1ccc2[nH]cc(CCNc3ncnc(N4CCC(C(=O)O)CC4)c3[N+](=O)[O-])c2c1. The first kappa shape index (κ1) is 21.3. The van der Waals surface area contributed by atoms with Gasteiger partial charge in [-0.05, 0) is 43.0 Å². The van der Waals surface area contributed by atoms with Crippen molar-refractivity contribution in [3.05, 3.63) is 46.4 Å². The molecule has 11 nitrogen and oxygen atoms in total. The van der Waals surface area contributed by atoms with Gasteiger partial charge in [0.25, 0.3) is 0 Å². The number of carbonyl (C=O) groups is 1. The molecule has 32 heavy (non-hydrogen) atoms. The minimum atomic E-state index is -0.834. The molecular formula is C21H24N6O5. The number of nitrogens with one attached hydrogen (secondary N) is 2. The van der Waals surface area contributed by atoms with Crippen molar-refractivity contribution in [2.45, 2.75) is 19.3 Å². The molecule has 0 aliphatic carbocycles. The third-order valence-corrected chi connectivity index (χ3v) is 5.79. The van der Waals surface area contributed by atoms with Crippen LogP contribution >= 0.6 is 0 Å². The van der Waals surface area contributed by atoms with Crippen LogP contribution in [0.1, 0.15) is 18.4 Å². The Balaban J connectivity index is 1.49. The van der Waals surface area contributed by atoms with Crippen molar-refractivity contribution in [2.75, 3.05) is 37.0 Å². The number of benzene rings is 1. The Morgan fingerprint density at radius 3 is 2.84 bits per heavy atom. The minimum absolute atomic E-state index is 0.151. The van der Waals surface area contributed by atoms with Gasteiger partial charge in [0.05, 0.1) is 18.0 Å². The quantitative estimate of drug-likeness (QED) is 0.355. The highest BCUT2D eigenvalue weighted by Gasteiger charge is 2.31. The van der Waals surface area contributed by atoms with E-state index in [0.29, 0.717) is 38.9 Å². The van der Waals surface area contributed by atoms with Crippen molar-refractivity contribution in [2.24, 2.45) is 5.92 Å². The number of nitro groups is 1. The minimum Gasteiger partial charge on any atom is -0.497 e. The van der Waals surface area contributed by atoms with Crippen LogP contribution in [0.4, 0.5) is 17.3 Å². The first-order valence-electron chi connectivity index (χ1n) is 10.3. The number of carboxylic acids is 1. The Labute approximate surface area is 183 Å². The molecule has 0 atom stereocenters. The lowest BCUT2D eigenvalue weighted by atomic mass is 9.97. The summed E-state index contributed by atoms with van der Waals surface area (Å²) in [6, 6.07) is 5.78. The van der Waals surface area contributed by atoms with Crippen LogP contribution in [-0.2, 0) is 11.2 Å². The van der Waals surface area contributed by atoms with Crippen LogP contribution in [0.3, 0.4) is 0 Å². The molecule has 2 aromatic heterocycles. The summed E-state index contributed by atoms with van der Waals surface area (Å²) >= 11 is 0. The number of rotatable bonds is 8. The first-order valence-corrected chi connectivity index (χ1v) is 10.3. The van der Waals surface area contributed by atoms with E-state index < -0.39 is 16.8 Å². The maximum atomic E-state index is 11.8. The Bertz CT molecular complexity index is 1140. The van der Waals surface area contributed by atoms with Gasteiger partial charge in [-0.15, -0.1) is 0 Å². The molecule has 168 valence electrons. The van der Waals surface area contributed by atoms with E-state index in [0.717, 1.165) is 22.2 Å². The fourth-order valence-corrected chi connectivity index (χ4v) is 4.04. The zero-order chi connectivity index (χ0) is 22.7. The number of hydrogen-bond acceptors (Lipinski definition) is 8. The monoisotopic (exact) mass is 440 g/mol. The van der Waals surface area contributed by atoms with Gasteiger partial charge in [-0.25, -0.2) is 9.97 Å². The summed E-state index contributed by atoms with van der Waals surface area (Å²) in [5, 5.41) is 25.1. The van der Waals surface area contributed by atoms with E-state index in [4.69, 9.17) is 4.74 Å². The number of aliphatic carboxylic acids is 1. The molecule has 3 aromatic rings. The number of aromatic amines is 1. The zero-order valence-electron chi connectivity index (χ0n) is 17.6. The number of methoxy groups -OCH3 is 1. The summed E-state index contributed by atoms with van der Waals surface area (Å²) < 4.78 is 5.29. The Morgan fingerprint density at radius 2 is 2.16 bits per heavy atom. The van der Waals surface area contributed by atoms with E-state index >= 15 is 0 Å². The van der Waals surface area contributed by atoms with Gasteiger partial charge in [0.15, 0.2) is 0 Å². The van der Waals surface area contributed by atoms with Gasteiger partial charge in [-0.2, -0.15) is 0 Å². The van der Waals surface area contributed by atoms with Crippen LogP contribution in [0.2, 0.25) is 0 Å². The van der Waals surface area contributed by atoms with E-state index in [1.165, 1.54) is 6.33 Å². The van der Waals surface area contributed by atoms with Crippen molar-refractivity contribution in [1.82, 2.24) is 15.0 Å². The molecule has 0 saturated carbocycles. The van der Waals surface area contributed by atoms with Gasteiger partial charge in [0.1, 0.15) is 12.1 Å². The van der Waals surface area contributed by atoms with Gasteiger partial charge in [0.2, 0.25) is 11.6 Å². The second-order valence-electron chi connectivity index (χ2n) is 7.65. The highest BCUT2D eigenvalue weighted by molar-refractivity contribution is 5.84. The van der Waals surface area contributed by atoms with Crippen LogP contribution in [0, 0.1) is 16.0 Å². The molecule has 0 unspecified atom stereocenters. The van der Waals surface area contributed by atoms with Crippen LogP contribution < -0.4 is 15.0 Å². The molecule has 3 heterocycles. The number of piperidine rings is 1. The van der Waals surface area contributed by atoms with Crippen LogP contribution in [0.25, 0.3) is 10.9 Å². The number of ether oxygens (including phenoxy) is 1. The molecule has 1 aliphatic heterocycles. The summed E-state index contributed by atoms with van der Waals surface area (Å²) in [7, 11) is 1.62. The Hall–Kier alpha value is -3.89. The lowest BCUT2D eigenvalue weighted by Crippen LogP contribution is -2.37. The predicted octanol–water partition coefficient (Wildman–Crippen LogP) is 2.83. The summed E-state index contributed by atoms with van der Waals surface area (Å²) in [5.74, 6) is -0.140. The summed E-state index contributed by atoms with van der Waals surface area (Å²) in [6.45, 7) is 1.22. The van der Waals surface area contributed by atoms with E-state index in [-0.39, 0.29) is 17.3 Å². The van der Waals surface area contributed by atoms with Crippen LogP contribution in [0.5, 0.6) is 5.75 Å². The maximum Gasteiger partial charge on any atom is 0.353 e. The normalized spacial score (nSPS) is 14.5. The van der Waals surface area contributed by atoms with E-state index in [2.05, 4.69) is 20.3 Å². The van der Waals surface area contributed by atoms with Crippen molar-refractivity contribution in [3.63, 3.8) is 0 Å². The number of hydrogen-bond donors (Lipinski definition) is 3. The maximum absolute atomic E-state index is 11.8. The number of aromatic nitrogens is 3. The predicted molar refractivity (Wildman–Crippen MR) is 118 cm³/mol. The third-order valence-electron chi connectivity index (χ3n) is 5.79. The summed E-state index contributed by atoms with van der Waals surface area (Å²) in [4.78, 5) is 35.8. The average Bonchev–Trinajstić information content (AvgIpc) is 3.21. The summed E-state index contributed by atoms with van der Waals surface area (Å²) in [5.41, 5.74) is 1.85. The first-order chi connectivity index (χ1) is 15.5. The van der Waals surface area contributed by atoms with Gasteiger partial charge in [-0.1, -0.05) is 0 Å². The van der Waals surface area contributed by atoms with Gasteiger partial charge < -0.3 is 25.0 Å². The third kappa shape index (κ3) is 4.27. The Kier molecular flexibility index (Phi) is 6.06. The fourth-order valence-electron chi connectivity index (χ4n) is 4.04. The molecule has 0 bridgehead atoms. The number of carboxylic acid groups (broad SMARTS) is 1. The molecule has 0 spiro atoms. The number of H-pyrrole nitrogens is 1. The molecule has 0 amide bonds. The van der Waals surface area contributed by atoms with E-state index in [9.17, 15) is 20.0 Å². The van der Waals surface area contributed by atoms with Crippen molar-refractivity contribution >= 4 is 34.2 Å². The molecule has 4 rings (SSSR count). The molecule has 1 fully saturated rings. The Morgan fingerprint density at radius 1 is 1.38 bits per heavy atom. The second kappa shape index (κ2) is 9.08. The van der Waals surface area contributed by atoms with E-state index in [1.54, 1.807) is 12.0 Å². The number of nitrogens with zero attached hydrogens (tertiary/aromatic N) is 4. The number of anilines is 2. The summed E-state index contributed by atoms with van der Waals surface area (Å²) in [6.07, 6.45) is 4.67. The molecular weight excluding hydrogens is 416 g/mol. The standard InChI is InChI=1S/C21H24N6O5/c1-32-15-2-3-17-16(10-15)14(11-23-17)4-7-22-19-18(27(30)31)20(25-12-24-19)26-8-5-13(6-9-26)21(28)29/h2-3,10-13,23H,4-9H2,1H3,(H,28,29)(H,22,24,25). The fraction of sp³-hybridized carbons (Fsp3) is 0.381. The molecule has 11 heteroatoms. The smallest absolute Gasteiger partial charge is 0.353 e. The molecule has 3 N–H and O–H groups in total. The van der Waals surface area contributed by atoms with E-state index in [1.807, 2.05) is 24.4 Å². The molecule has 1 aromatic carbocycles.